The lowest BCUT2D eigenvalue weighted by Gasteiger charge is -2.21. The Bertz CT molecular complexity index is 1030. The molecule has 1 atom stereocenters. The van der Waals surface area contributed by atoms with E-state index in [9.17, 15) is 9.59 Å². The van der Waals surface area contributed by atoms with Gasteiger partial charge in [-0.2, -0.15) is 0 Å². The molecule has 2 amide bonds. The van der Waals surface area contributed by atoms with Crippen LogP contribution >= 0.6 is 34.7 Å². The molecule has 136 valence electrons. The molecule has 1 aromatic heterocycles. The van der Waals surface area contributed by atoms with Crippen LogP contribution < -0.4 is 10.6 Å². The third-order valence-electron chi connectivity index (χ3n) is 4.04. The topological polar surface area (TPSA) is 71.1 Å². The van der Waals surface area contributed by atoms with Crippen molar-refractivity contribution >= 4 is 57.3 Å². The normalized spacial score (nSPS) is 15.8. The van der Waals surface area contributed by atoms with Gasteiger partial charge >= 0.3 is 0 Å². The van der Waals surface area contributed by atoms with Crippen molar-refractivity contribution in [3.05, 3.63) is 58.4 Å². The molecule has 8 heteroatoms. The number of thioether (sulfide) groups is 1. The molecule has 1 aliphatic heterocycles. The van der Waals surface area contributed by atoms with E-state index < -0.39 is 0 Å². The lowest BCUT2D eigenvalue weighted by atomic mass is 10.2. The van der Waals surface area contributed by atoms with Crippen molar-refractivity contribution in [1.82, 2.24) is 4.98 Å². The van der Waals surface area contributed by atoms with Crippen LogP contribution in [0.4, 0.5) is 10.8 Å². The summed E-state index contributed by atoms with van der Waals surface area (Å²) in [5, 5.41) is 8.55. The van der Waals surface area contributed by atoms with Gasteiger partial charge in [0, 0.05) is 26.4 Å². The smallest absolute Gasteiger partial charge is 0.257 e. The van der Waals surface area contributed by atoms with Crippen molar-refractivity contribution in [2.24, 2.45) is 0 Å². The van der Waals surface area contributed by atoms with Crippen LogP contribution in [0.5, 0.6) is 0 Å². The zero-order chi connectivity index (χ0) is 19.0. The zero-order valence-corrected chi connectivity index (χ0v) is 16.5. The van der Waals surface area contributed by atoms with Crippen molar-refractivity contribution < 1.29 is 9.59 Å². The molecule has 1 aliphatic rings. The minimum atomic E-state index is -0.271. The number of anilines is 2. The summed E-state index contributed by atoms with van der Waals surface area (Å²) in [4.78, 5) is 29.8. The third-order valence-corrected chi connectivity index (χ3v) is 6.22. The summed E-state index contributed by atoms with van der Waals surface area (Å²) < 4.78 is 0. The van der Waals surface area contributed by atoms with E-state index in [0.717, 1.165) is 16.2 Å². The number of hydrogen-bond donors (Lipinski definition) is 2. The average Bonchev–Trinajstić information content (AvgIpc) is 3.11. The van der Waals surface area contributed by atoms with Crippen molar-refractivity contribution in [2.45, 2.75) is 17.1 Å². The Morgan fingerprint density at radius 1 is 1.22 bits per heavy atom. The lowest BCUT2D eigenvalue weighted by molar-refractivity contribution is -0.115. The molecule has 0 spiro atoms. The number of aromatic nitrogens is 1. The first-order valence-corrected chi connectivity index (χ1v) is 10.3. The van der Waals surface area contributed by atoms with Gasteiger partial charge in [0.2, 0.25) is 5.91 Å². The van der Waals surface area contributed by atoms with E-state index >= 15 is 0 Å². The highest BCUT2D eigenvalue weighted by atomic mass is 35.5. The second-order valence-electron chi connectivity index (χ2n) is 5.96. The second kappa shape index (κ2) is 7.34. The largest absolute Gasteiger partial charge is 0.324 e. The fraction of sp³-hybridized carbons (Fsp3) is 0.105. The monoisotopic (exact) mass is 415 g/mol. The quantitative estimate of drug-likeness (QED) is 0.620. The predicted molar refractivity (Wildman–Crippen MR) is 111 cm³/mol. The Kier molecular flexibility index (Phi) is 4.90. The van der Waals surface area contributed by atoms with E-state index in [-0.39, 0.29) is 17.1 Å². The highest BCUT2D eigenvalue weighted by Gasteiger charge is 2.24. The Labute approximate surface area is 169 Å². The lowest BCUT2D eigenvalue weighted by Crippen LogP contribution is -2.26. The van der Waals surface area contributed by atoms with Gasteiger partial charge < -0.3 is 5.32 Å². The van der Waals surface area contributed by atoms with Crippen molar-refractivity contribution in [1.29, 1.82) is 0 Å². The van der Waals surface area contributed by atoms with Crippen molar-refractivity contribution in [2.75, 3.05) is 10.6 Å². The summed E-state index contributed by atoms with van der Waals surface area (Å²) >= 11 is 8.74. The number of hydrogen-bond acceptors (Lipinski definition) is 5. The maximum Gasteiger partial charge on any atom is 0.257 e. The van der Waals surface area contributed by atoms with Crippen LogP contribution in [0, 0.1) is 0 Å². The molecule has 0 fully saturated rings. The van der Waals surface area contributed by atoms with E-state index in [1.807, 2.05) is 30.5 Å². The first-order valence-electron chi connectivity index (χ1n) is 8.14. The van der Waals surface area contributed by atoms with Crippen LogP contribution in [0.1, 0.15) is 17.3 Å². The van der Waals surface area contributed by atoms with E-state index in [1.54, 1.807) is 24.3 Å². The molecule has 2 heterocycles. The molecular formula is C19H14ClN3O2S2. The number of rotatable bonds is 3. The molecule has 1 unspecified atom stereocenters. The van der Waals surface area contributed by atoms with Crippen LogP contribution in [0.25, 0.3) is 11.3 Å². The number of nitrogens with one attached hydrogen (secondary N) is 2. The highest BCUT2D eigenvalue weighted by Crippen LogP contribution is 2.36. The molecule has 27 heavy (non-hydrogen) atoms. The molecule has 0 aliphatic carbocycles. The van der Waals surface area contributed by atoms with Crippen molar-refractivity contribution in [3.8, 4) is 11.3 Å². The summed E-state index contributed by atoms with van der Waals surface area (Å²) in [5.74, 6) is -0.328. The van der Waals surface area contributed by atoms with Crippen LogP contribution in [-0.4, -0.2) is 22.0 Å². The summed E-state index contributed by atoms with van der Waals surface area (Å²) in [6.45, 7) is 1.85. The number of halogens is 1. The molecule has 2 N–H and O–H groups in total. The number of fused-ring (bicyclic) bond motifs is 1. The van der Waals surface area contributed by atoms with Gasteiger partial charge in [-0.3, -0.25) is 14.9 Å². The van der Waals surface area contributed by atoms with Gasteiger partial charge in [0.25, 0.3) is 5.91 Å². The number of nitrogens with zero attached hydrogens (tertiary/aromatic N) is 1. The molecule has 3 aromatic rings. The molecule has 0 saturated heterocycles. The Morgan fingerprint density at radius 2 is 2.00 bits per heavy atom. The number of thiazole rings is 1. The van der Waals surface area contributed by atoms with Crippen LogP contribution in [0.3, 0.4) is 0 Å². The summed E-state index contributed by atoms with van der Waals surface area (Å²) in [6.07, 6.45) is 0. The number of amides is 2. The van der Waals surface area contributed by atoms with Crippen LogP contribution in [-0.2, 0) is 4.79 Å². The van der Waals surface area contributed by atoms with Gasteiger partial charge in [-0.25, -0.2) is 4.98 Å². The molecule has 0 radical (unpaired) electrons. The summed E-state index contributed by atoms with van der Waals surface area (Å²) in [7, 11) is 0. The van der Waals surface area contributed by atoms with Gasteiger partial charge in [-0.1, -0.05) is 23.7 Å². The third kappa shape index (κ3) is 3.85. The number of carbonyl (C=O) groups excluding carboxylic acids is 2. The Morgan fingerprint density at radius 3 is 2.78 bits per heavy atom. The fourth-order valence-corrected chi connectivity index (χ4v) is 4.37. The second-order valence-corrected chi connectivity index (χ2v) is 8.64. The molecule has 5 nitrogen and oxygen atoms in total. The number of benzene rings is 2. The fourth-order valence-electron chi connectivity index (χ4n) is 2.60. The van der Waals surface area contributed by atoms with E-state index in [1.165, 1.54) is 23.1 Å². The number of carbonyl (C=O) groups is 2. The first-order chi connectivity index (χ1) is 13.0. The maximum absolute atomic E-state index is 12.6. The van der Waals surface area contributed by atoms with Gasteiger partial charge in [0.1, 0.15) is 0 Å². The maximum atomic E-state index is 12.6. The highest BCUT2D eigenvalue weighted by molar-refractivity contribution is 8.00. The van der Waals surface area contributed by atoms with Crippen LogP contribution in [0.15, 0.2) is 52.7 Å². The van der Waals surface area contributed by atoms with Gasteiger partial charge in [-0.15, -0.1) is 23.1 Å². The minimum Gasteiger partial charge on any atom is -0.324 e. The average molecular weight is 416 g/mol. The molecular weight excluding hydrogens is 402 g/mol. The molecule has 4 rings (SSSR count). The minimum absolute atomic E-state index is 0.0578. The van der Waals surface area contributed by atoms with E-state index in [4.69, 9.17) is 11.6 Å². The SMILES string of the molecule is CC1Sc2ccc(C(=O)Nc3nc(-c4ccc(Cl)cc4)cs3)cc2NC1=O. The van der Waals surface area contributed by atoms with Gasteiger partial charge in [-0.05, 0) is 37.3 Å². The Hall–Kier alpha value is -2.35. The van der Waals surface area contributed by atoms with Crippen molar-refractivity contribution in [3.63, 3.8) is 0 Å². The first kappa shape index (κ1) is 18.0. The van der Waals surface area contributed by atoms with E-state index in [0.29, 0.717) is 21.4 Å². The molecule has 0 saturated carbocycles. The standard InChI is InChI=1S/C19H14ClN3O2S2/c1-10-17(24)21-14-8-12(4-7-16(14)27-10)18(25)23-19-22-15(9-26-19)11-2-5-13(20)6-3-11/h2-10H,1H3,(H,21,24)(H,22,23,25). The zero-order valence-electron chi connectivity index (χ0n) is 14.2. The molecule has 0 bridgehead atoms. The van der Waals surface area contributed by atoms with Gasteiger partial charge in [0.05, 0.1) is 16.6 Å². The van der Waals surface area contributed by atoms with E-state index in [2.05, 4.69) is 15.6 Å². The predicted octanol–water partition coefficient (Wildman–Crippen LogP) is 5.15. The Balaban J connectivity index is 1.51. The molecule has 2 aromatic carbocycles. The summed E-state index contributed by atoms with van der Waals surface area (Å²) in [5.41, 5.74) is 2.83. The van der Waals surface area contributed by atoms with Crippen LogP contribution in [0.2, 0.25) is 5.02 Å². The summed E-state index contributed by atoms with van der Waals surface area (Å²) in [6, 6.07) is 12.7. The van der Waals surface area contributed by atoms with Gasteiger partial charge in [0.15, 0.2) is 5.13 Å².